The Bertz CT molecular complexity index is 641. The van der Waals surface area contributed by atoms with E-state index in [-0.39, 0.29) is 0 Å². The Labute approximate surface area is 134 Å². The first-order valence-electron chi connectivity index (χ1n) is 7.77. The van der Waals surface area contributed by atoms with Gasteiger partial charge in [0.25, 0.3) is 0 Å². The van der Waals surface area contributed by atoms with E-state index in [1.807, 2.05) is 18.3 Å². The Balaban J connectivity index is 1.89. The van der Waals surface area contributed by atoms with E-state index in [1.165, 1.54) is 32.1 Å². The van der Waals surface area contributed by atoms with Crippen LogP contribution in [0.2, 0.25) is 0 Å². The molecule has 0 spiro atoms. The highest BCUT2D eigenvalue weighted by Crippen LogP contribution is 2.33. The van der Waals surface area contributed by atoms with Crippen molar-refractivity contribution in [3.63, 3.8) is 0 Å². The Morgan fingerprint density at radius 3 is 3.05 bits per heavy atom. The van der Waals surface area contributed by atoms with Gasteiger partial charge in [-0.2, -0.15) is 0 Å². The van der Waals surface area contributed by atoms with E-state index in [1.54, 1.807) is 0 Å². The van der Waals surface area contributed by atoms with Gasteiger partial charge < -0.3 is 11.1 Å². The van der Waals surface area contributed by atoms with Gasteiger partial charge in [0.15, 0.2) is 0 Å². The van der Waals surface area contributed by atoms with Gasteiger partial charge in [-0.25, -0.2) is 0 Å². The molecule has 0 aliphatic heterocycles. The number of anilines is 2. The lowest BCUT2D eigenvalue weighted by Gasteiger charge is -2.30. The molecular weight excluding hydrogens is 326 g/mol. The highest BCUT2D eigenvalue weighted by atomic mass is 79.9. The predicted octanol–water partition coefficient (Wildman–Crippen LogP) is 4.96. The molecule has 112 valence electrons. The fourth-order valence-electron chi connectivity index (χ4n) is 3.35. The monoisotopic (exact) mass is 347 g/mol. The van der Waals surface area contributed by atoms with E-state index >= 15 is 0 Å². The number of nitrogen functional groups attached to an aromatic ring is 1. The fourth-order valence-corrected chi connectivity index (χ4v) is 3.68. The maximum Gasteiger partial charge on any atom is 0.0954 e. The van der Waals surface area contributed by atoms with Gasteiger partial charge in [0.1, 0.15) is 0 Å². The molecule has 1 aromatic heterocycles. The minimum atomic E-state index is 0.556. The molecule has 0 radical (unpaired) electrons. The van der Waals surface area contributed by atoms with Crippen molar-refractivity contribution in [1.82, 2.24) is 4.98 Å². The molecule has 0 saturated heterocycles. The van der Waals surface area contributed by atoms with Crippen molar-refractivity contribution in [3.8, 4) is 0 Å². The quantitative estimate of drug-likeness (QED) is 0.771. The standard InChI is InChI=1S/C17H22BrN3/c1-2-11-4-3-5-13(8-11)21-16-7-6-15(19)14-9-12(18)10-20-17(14)16/h6-7,9-11,13,21H,2-5,8,19H2,1H3. The molecule has 2 atom stereocenters. The first-order valence-corrected chi connectivity index (χ1v) is 8.57. The first kappa shape index (κ1) is 14.6. The largest absolute Gasteiger partial charge is 0.398 e. The lowest BCUT2D eigenvalue weighted by molar-refractivity contribution is 0.327. The summed E-state index contributed by atoms with van der Waals surface area (Å²) in [4.78, 5) is 4.56. The number of hydrogen-bond donors (Lipinski definition) is 2. The highest BCUT2D eigenvalue weighted by molar-refractivity contribution is 9.10. The molecule has 2 unspecified atom stereocenters. The lowest BCUT2D eigenvalue weighted by Crippen LogP contribution is -2.27. The third-order valence-corrected chi connectivity index (χ3v) is 5.00. The summed E-state index contributed by atoms with van der Waals surface area (Å²) in [5.74, 6) is 0.860. The van der Waals surface area contributed by atoms with Crippen molar-refractivity contribution in [2.45, 2.75) is 45.1 Å². The van der Waals surface area contributed by atoms with Gasteiger partial charge in [-0.1, -0.05) is 26.2 Å². The van der Waals surface area contributed by atoms with Gasteiger partial charge in [0.2, 0.25) is 0 Å². The highest BCUT2D eigenvalue weighted by Gasteiger charge is 2.21. The van der Waals surface area contributed by atoms with E-state index in [0.29, 0.717) is 6.04 Å². The predicted molar refractivity (Wildman–Crippen MR) is 93.5 cm³/mol. The lowest BCUT2D eigenvalue weighted by atomic mass is 9.84. The van der Waals surface area contributed by atoms with Gasteiger partial charge >= 0.3 is 0 Å². The van der Waals surface area contributed by atoms with Crippen LogP contribution >= 0.6 is 15.9 Å². The molecule has 1 aromatic carbocycles. The maximum atomic E-state index is 6.08. The molecule has 0 bridgehead atoms. The average Bonchev–Trinajstić information content (AvgIpc) is 2.50. The topological polar surface area (TPSA) is 50.9 Å². The fraction of sp³-hybridized carbons (Fsp3) is 0.471. The zero-order chi connectivity index (χ0) is 14.8. The van der Waals surface area contributed by atoms with Crippen LogP contribution in [0.25, 0.3) is 10.9 Å². The third kappa shape index (κ3) is 3.15. The molecule has 2 aromatic rings. The molecule has 3 nitrogen and oxygen atoms in total. The molecule has 1 heterocycles. The second-order valence-electron chi connectivity index (χ2n) is 6.03. The van der Waals surface area contributed by atoms with E-state index in [9.17, 15) is 0 Å². The van der Waals surface area contributed by atoms with E-state index < -0.39 is 0 Å². The van der Waals surface area contributed by atoms with Crippen LogP contribution in [0.3, 0.4) is 0 Å². The minimum Gasteiger partial charge on any atom is -0.398 e. The van der Waals surface area contributed by atoms with Crippen molar-refractivity contribution in [1.29, 1.82) is 0 Å². The number of nitrogens with zero attached hydrogens (tertiary/aromatic N) is 1. The summed E-state index contributed by atoms with van der Waals surface area (Å²) in [6, 6.07) is 6.63. The van der Waals surface area contributed by atoms with Crippen molar-refractivity contribution >= 4 is 38.2 Å². The number of hydrogen-bond acceptors (Lipinski definition) is 3. The van der Waals surface area contributed by atoms with Crippen molar-refractivity contribution in [3.05, 3.63) is 28.9 Å². The molecule has 3 rings (SSSR count). The molecule has 21 heavy (non-hydrogen) atoms. The van der Waals surface area contributed by atoms with Crippen molar-refractivity contribution < 1.29 is 0 Å². The number of nitrogens with one attached hydrogen (secondary N) is 1. The molecule has 1 saturated carbocycles. The summed E-state index contributed by atoms with van der Waals surface area (Å²) in [6.07, 6.45) is 8.33. The van der Waals surface area contributed by atoms with E-state index in [2.05, 4.69) is 39.2 Å². The number of rotatable bonds is 3. The number of benzene rings is 1. The molecule has 1 aliphatic carbocycles. The van der Waals surface area contributed by atoms with Gasteiger partial charge in [-0.15, -0.1) is 0 Å². The van der Waals surface area contributed by atoms with E-state index in [0.717, 1.165) is 32.7 Å². The van der Waals surface area contributed by atoms with Crippen LogP contribution in [0.5, 0.6) is 0 Å². The Morgan fingerprint density at radius 1 is 1.38 bits per heavy atom. The summed E-state index contributed by atoms with van der Waals surface area (Å²) in [6.45, 7) is 2.30. The Kier molecular flexibility index (Phi) is 4.34. The molecule has 4 heteroatoms. The van der Waals surface area contributed by atoms with Gasteiger partial charge in [0.05, 0.1) is 11.2 Å². The SMILES string of the molecule is CCC1CCCC(Nc2ccc(N)c3cc(Br)cnc23)C1. The van der Waals surface area contributed by atoms with Crippen LogP contribution in [0.4, 0.5) is 11.4 Å². The molecule has 0 amide bonds. The summed E-state index contributed by atoms with van der Waals surface area (Å²) >= 11 is 3.47. The van der Waals surface area contributed by atoms with Crippen LogP contribution in [-0.2, 0) is 0 Å². The van der Waals surface area contributed by atoms with E-state index in [4.69, 9.17) is 5.73 Å². The van der Waals surface area contributed by atoms with Gasteiger partial charge in [-0.05, 0) is 52.9 Å². The normalized spacial score (nSPS) is 22.4. The second-order valence-corrected chi connectivity index (χ2v) is 6.95. The maximum absolute atomic E-state index is 6.08. The summed E-state index contributed by atoms with van der Waals surface area (Å²) in [7, 11) is 0. The van der Waals surface area contributed by atoms with Crippen LogP contribution in [0.1, 0.15) is 39.0 Å². The number of aromatic nitrogens is 1. The smallest absolute Gasteiger partial charge is 0.0954 e. The van der Waals surface area contributed by atoms with Crippen LogP contribution in [-0.4, -0.2) is 11.0 Å². The first-order chi connectivity index (χ1) is 10.2. The van der Waals surface area contributed by atoms with Gasteiger partial charge in [-0.3, -0.25) is 4.98 Å². The number of pyridine rings is 1. The Hall–Kier alpha value is -1.29. The summed E-state index contributed by atoms with van der Waals surface area (Å²) in [5.41, 5.74) is 8.93. The zero-order valence-electron chi connectivity index (χ0n) is 12.4. The van der Waals surface area contributed by atoms with Gasteiger partial charge in [0, 0.05) is 27.8 Å². The summed E-state index contributed by atoms with van der Waals surface area (Å²) < 4.78 is 0.961. The molecule has 3 N–H and O–H groups in total. The number of nitrogens with two attached hydrogens (primary N) is 1. The molecule has 1 aliphatic rings. The van der Waals surface area contributed by atoms with Crippen molar-refractivity contribution in [2.24, 2.45) is 5.92 Å². The molecule has 1 fully saturated rings. The second kappa shape index (κ2) is 6.22. The Morgan fingerprint density at radius 2 is 2.24 bits per heavy atom. The summed E-state index contributed by atoms with van der Waals surface area (Å²) in [5, 5.41) is 4.71. The van der Waals surface area contributed by atoms with Crippen molar-refractivity contribution in [2.75, 3.05) is 11.1 Å². The zero-order valence-corrected chi connectivity index (χ0v) is 14.0. The van der Waals surface area contributed by atoms with Crippen LogP contribution < -0.4 is 11.1 Å². The minimum absolute atomic E-state index is 0.556. The number of fused-ring (bicyclic) bond motifs is 1. The average molecular weight is 348 g/mol. The third-order valence-electron chi connectivity index (χ3n) is 4.57. The van der Waals surface area contributed by atoms with Crippen LogP contribution in [0.15, 0.2) is 28.9 Å². The molecular formula is C17H22BrN3. The number of halogens is 1. The van der Waals surface area contributed by atoms with Crippen LogP contribution in [0, 0.1) is 5.92 Å².